The van der Waals surface area contributed by atoms with Gasteiger partial charge in [0.05, 0.1) is 17.3 Å². The van der Waals surface area contributed by atoms with Crippen molar-refractivity contribution in [3.8, 4) is 5.75 Å². The Hall–Kier alpha value is -1.82. The van der Waals surface area contributed by atoms with Gasteiger partial charge >= 0.3 is 0 Å². The Morgan fingerprint density at radius 2 is 2.37 bits per heavy atom. The van der Waals surface area contributed by atoms with E-state index in [0.29, 0.717) is 17.7 Å². The summed E-state index contributed by atoms with van der Waals surface area (Å²) in [6.45, 7) is 0. The van der Waals surface area contributed by atoms with E-state index in [-0.39, 0.29) is 23.1 Å². The van der Waals surface area contributed by atoms with Gasteiger partial charge in [0.1, 0.15) is 5.75 Å². The van der Waals surface area contributed by atoms with Crippen LogP contribution in [0.1, 0.15) is 12.0 Å². The molecule has 1 heterocycles. The van der Waals surface area contributed by atoms with Gasteiger partial charge < -0.3 is 4.74 Å². The van der Waals surface area contributed by atoms with Crippen LogP contribution < -0.4 is 4.74 Å². The van der Waals surface area contributed by atoms with Crippen LogP contribution in [-0.4, -0.2) is 23.1 Å². The molecule has 0 radical (unpaired) electrons. The Bertz CT molecular complexity index is 533. The van der Waals surface area contributed by atoms with Gasteiger partial charge in [0.2, 0.25) is 0 Å². The molecule has 0 aliphatic carbocycles. The molecule has 0 saturated carbocycles. The number of allylic oxidation sites excluding steroid dienone is 1. The van der Waals surface area contributed by atoms with Crippen molar-refractivity contribution in [3.63, 3.8) is 0 Å². The van der Waals surface area contributed by atoms with Gasteiger partial charge in [0, 0.05) is 18.1 Å². The number of rotatable bonds is 5. The summed E-state index contributed by atoms with van der Waals surface area (Å²) in [5.41, 5.74) is 0.368. The zero-order valence-corrected chi connectivity index (χ0v) is 11.2. The van der Waals surface area contributed by atoms with Crippen molar-refractivity contribution in [3.05, 3.63) is 45.4 Å². The monoisotopic (exact) mass is 279 g/mol. The van der Waals surface area contributed by atoms with Crippen molar-refractivity contribution in [1.29, 1.82) is 0 Å². The van der Waals surface area contributed by atoms with Gasteiger partial charge in [0.25, 0.3) is 5.69 Å². The molecule has 0 saturated heterocycles. The van der Waals surface area contributed by atoms with Crippen LogP contribution in [0.3, 0.4) is 0 Å². The van der Waals surface area contributed by atoms with Crippen LogP contribution in [0.5, 0.6) is 5.75 Å². The normalized spacial score (nSPS) is 17.4. The van der Waals surface area contributed by atoms with Crippen molar-refractivity contribution in [1.82, 2.24) is 0 Å². The quantitative estimate of drug-likeness (QED) is 0.612. The number of hydrogen-bond acceptors (Lipinski definition) is 5. The zero-order valence-electron chi connectivity index (χ0n) is 10.4. The van der Waals surface area contributed by atoms with Gasteiger partial charge in [-0.15, -0.1) is 11.8 Å². The first kappa shape index (κ1) is 13.6. The topological polar surface area (TPSA) is 69.4 Å². The average Bonchev–Trinajstić information content (AvgIpc) is 2.92. The Kier molecular flexibility index (Phi) is 4.21. The standard InChI is InChI=1S/C13H13NO4S/c1-18-10-4-5-11(14(16)17)9(7-10)8-12(15)13-3-2-6-19-13/h2,4-7,13H,3,8H2,1H3. The molecule has 0 aromatic heterocycles. The fourth-order valence-electron chi connectivity index (χ4n) is 1.90. The first-order valence-corrected chi connectivity index (χ1v) is 6.70. The third-order valence-corrected chi connectivity index (χ3v) is 4.03. The van der Waals surface area contributed by atoms with Crippen molar-refractivity contribution in [2.24, 2.45) is 0 Å². The highest BCUT2D eigenvalue weighted by Gasteiger charge is 2.24. The predicted octanol–water partition coefficient (Wildman–Crippen LogP) is 2.73. The van der Waals surface area contributed by atoms with Crippen LogP contribution >= 0.6 is 11.8 Å². The number of benzene rings is 1. The molecule has 19 heavy (non-hydrogen) atoms. The van der Waals surface area contributed by atoms with Gasteiger partial charge in [0.15, 0.2) is 5.78 Å². The van der Waals surface area contributed by atoms with Gasteiger partial charge in [-0.2, -0.15) is 0 Å². The largest absolute Gasteiger partial charge is 0.497 e. The summed E-state index contributed by atoms with van der Waals surface area (Å²) >= 11 is 1.46. The second kappa shape index (κ2) is 5.88. The van der Waals surface area contributed by atoms with E-state index in [2.05, 4.69) is 0 Å². The highest BCUT2D eigenvalue weighted by Crippen LogP contribution is 2.29. The summed E-state index contributed by atoms with van der Waals surface area (Å²) in [5.74, 6) is 0.525. The lowest BCUT2D eigenvalue weighted by atomic mass is 10.0. The van der Waals surface area contributed by atoms with E-state index in [1.54, 1.807) is 6.07 Å². The van der Waals surface area contributed by atoms with Crippen molar-refractivity contribution >= 4 is 23.2 Å². The molecule has 0 fully saturated rings. The summed E-state index contributed by atoms with van der Waals surface area (Å²) < 4.78 is 5.05. The summed E-state index contributed by atoms with van der Waals surface area (Å²) in [6, 6.07) is 4.46. The molecule has 0 bridgehead atoms. The number of methoxy groups -OCH3 is 1. The first-order chi connectivity index (χ1) is 9.11. The molecule has 0 N–H and O–H groups in total. The molecular formula is C13H13NO4S. The molecule has 1 aliphatic heterocycles. The minimum atomic E-state index is -0.470. The predicted molar refractivity (Wildman–Crippen MR) is 73.5 cm³/mol. The number of nitrogens with zero attached hydrogens (tertiary/aromatic N) is 1. The van der Waals surface area contributed by atoms with Crippen molar-refractivity contribution in [2.75, 3.05) is 7.11 Å². The SMILES string of the molecule is COc1ccc([N+](=O)[O-])c(CC(=O)C2CC=CS2)c1. The lowest BCUT2D eigenvalue weighted by Crippen LogP contribution is -2.17. The van der Waals surface area contributed by atoms with Gasteiger partial charge in [-0.3, -0.25) is 14.9 Å². The number of nitro benzene ring substituents is 1. The van der Waals surface area contributed by atoms with E-state index >= 15 is 0 Å². The molecule has 1 atom stereocenters. The second-order valence-electron chi connectivity index (χ2n) is 4.13. The molecule has 1 aromatic rings. The maximum absolute atomic E-state index is 12.1. The third-order valence-electron chi connectivity index (χ3n) is 2.90. The van der Waals surface area contributed by atoms with E-state index < -0.39 is 4.92 Å². The molecule has 100 valence electrons. The maximum atomic E-state index is 12.1. The van der Waals surface area contributed by atoms with Crippen LogP contribution in [0.4, 0.5) is 5.69 Å². The fourth-order valence-corrected chi connectivity index (χ4v) is 2.77. The zero-order chi connectivity index (χ0) is 13.8. The van der Waals surface area contributed by atoms with E-state index in [0.717, 1.165) is 0 Å². The van der Waals surface area contributed by atoms with Crippen LogP contribution in [0.2, 0.25) is 0 Å². The molecule has 0 spiro atoms. The highest BCUT2D eigenvalue weighted by molar-refractivity contribution is 8.03. The number of hydrogen-bond donors (Lipinski definition) is 0. The molecule has 2 rings (SSSR count). The summed E-state index contributed by atoms with van der Waals surface area (Å²) in [5, 5.41) is 12.7. The smallest absolute Gasteiger partial charge is 0.273 e. The summed E-state index contributed by atoms with van der Waals surface area (Å²) in [6.07, 6.45) is 2.70. The molecule has 1 aliphatic rings. The fraction of sp³-hybridized carbons (Fsp3) is 0.308. The van der Waals surface area contributed by atoms with Crippen LogP contribution in [-0.2, 0) is 11.2 Å². The number of ketones is 1. The molecule has 6 heteroatoms. The Morgan fingerprint density at radius 3 is 2.95 bits per heavy atom. The Balaban J connectivity index is 2.21. The lowest BCUT2D eigenvalue weighted by Gasteiger charge is -2.09. The first-order valence-electron chi connectivity index (χ1n) is 5.76. The van der Waals surface area contributed by atoms with Gasteiger partial charge in [-0.05, 0) is 24.0 Å². The number of nitro groups is 1. The minimum Gasteiger partial charge on any atom is -0.497 e. The molecule has 1 unspecified atom stereocenters. The number of thioether (sulfide) groups is 1. The number of carbonyl (C=O) groups is 1. The molecule has 0 amide bonds. The van der Waals surface area contributed by atoms with Crippen molar-refractivity contribution in [2.45, 2.75) is 18.1 Å². The second-order valence-corrected chi connectivity index (χ2v) is 5.24. The van der Waals surface area contributed by atoms with Crippen LogP contribution in [0.25, 0.3) is 0 Å². The number of Topliss-reactive ketones (excluding diaryl/α,β-unsaturated/α-hetero) is 1. The third kappa shape index (κ3) is 3.14. The molecule has 1 aromatic carbocycles. The number of ether oxygens (including phenoxy) is 1. The van der Waals surface area contributed by atoms with E-state index in [4.69, 9.17) is 4.74 Å². The Morgan fingerprint density at radius 1 is 1.58 bits per heavy atom. The van der Waals surface area contributed by atoms with E-state index in [1.165, 1.54) is 31.0 Å². The maximum Gasteiger partial charge on any atom is 0.273 e. The highest BCUT2D eigenvalue weighted by atomic mass is 32.2. The van der Waals surface area contributed by atoms with Crippen LogP contribution in [0.15, 0.2) is 29.7 Å². The van der Waals surface area contributed by atoms with Crippen molar-refractivity contribution < 1.29 is 14.5 Å². The van der Waals surface area contributed by atoms with E-state index in [9.17, 15) is 14.9 Å². The summed E-state index contributed by atoms with van der Waals surface area (Å²) in [7, 11) is 1.49. The minimum absolute atomic E-state index is 0.00588. The van der Waals surface area contributed by atoms with E-state index in [1.807, 2.05) is 11.5 Å². The Labute approximate surface area is 114 Å². The lowest BCUT2D eigenvalue weighted by molar-refractivity contribution is -0.385. The van der Waals surface area contributed by atoms with Gasteiger partial charge in [-0.25, -0.2) is 0 Å². The summed E-state index contributed by atoms with van der Waals surface area (Å²) in [4.78, 5) is 22.6. The molecule has 5 nitrogen and oxygen atoms in total. The molecular weight excluding hydrogens is 266 g/mol. The van der Waals surface area contributed by atoms with Crippen LogP contribution in [0, 0.1) is 10.1 Å². The average molecular weight is 279 g/mol. The van der Waals surface area contributed by atoms with Gasteiger partial charge in [-0.1, -0.05) is 6.08 Å². The number of carbonyl (C=O) groups excluding carboxylic acids is 1.